The maximum atomic E-state index is 12.8. The van der Waals surface area contributed by atoms with Crippen molar-refractivity contribution < 1.29 is 23.1 Å². The standard InChI is InChI=1S/C14H14N2O4S.C13H11NO/c17-14(18)12-4-2-8-16(12)21(19,20)13-5-1-3-10-9-15-7-6-11(10)13;14-13(15)12-9-5-4-8-11(12)10-6-2-1-3-7-10/h1,3,5-7,9,12H,2,4,8H2,(H,17,18);1-9H,(H2,14,15)/t12-;/m0./s1. The van der Waals surface area contributed by atoms with Crippen LogP contribution < -0.4 is 5.73 Å². The number of carbonyl (C=O) groups is 2. The van der Waals surface area contributed by atoms with Crippen molar-refractivity contribution in [3.8, 4) is 11.1 Å². The van der Waals surface area contributed by atoms with E-state index in [1.807, 2.05) is 48.5 Å². The molecule has 5 rings (SSSR count). The molecule has 1 fully saturated rings. The van der Waals surface area contributed by atoms with Gasteiger partial charge in [-0.3, -0.25) is 14.6 Å². The molecule has 1 atom stereocenters. The predicted octanol–water partition coefficient (Wildman–Crippen LogP) is 3.93. The second-order valence-corrected chi connectivity index (χ2v) is 10.1. The van der Waals surface area contributed by atoms with Gasteiger partial charge in [0.05, 0.1) is 4.90 Å². The quantitative estimate of drug-likeness (QED) is 0.424. The first-order valence-electron chi connectivity index (χ1n) is 11.3. The first kappa shape index (κ1) is 25.0. The van der Waals surface area contributed by atoms with E-state index in [1.165, 1.54) is 12.3 Å². The summed E-state index contributed by atoms with van der Waals surface area (Å²) in [4.78, 5) is 26.6. The Bertz CT molecular complexity index is 1500. The molecule has 1 amide bonds. The van der Waals surface area contributed by atoms with Gasteiger partial charge < -0.3 is 10.8 Å². The van der Waals surface area contributed by atoms with E-state index in [0.29, 0.717) is 29.2 Å². The van der Waals surface area contributed by atoms with Crippen LogP contribution in [-0.4, -0.2) is 47.3 Å². The van der Waals surface area contributed by atoms with Gasteiger partial charge >= 0.3 is 5.97 Å². The zero-order valence-corrected chi connectivity index (χ0v) is 20.1. The van der Waals surface area contributed by atoms with Gasteiger partial charge in [0.15, 0.2) is 0 Å². The van der Waals surface area contributed by atoms with Crippen molar-refractivity contribution >= 4 is 32.7 Å². The third-order valence-electron chi connectivity index (χ3n) is 5.99. The Morgan fingerprint density at radius 2 is 1.67 bits per heavy atom. The van der Waals surface area contributed by atoms with Crippen molar-refractivity contribution in [2.45, 2.75) is 23.8 Å². The SMILES string of the molecule is NC(=O)c1ccccc1-c1ccccc1.O=C(O)[C@@H]1CCCN1S(=O)(=O)c1cccc2cnccc12. The van der Waals surface area contributed by atoms with Crippen LogP contribution in [0.25, 0.3) is 21.9 Å². The van der Waals surface area contributed by atoms with E-state index in [1.54, 1.807) is 30.5 Å². The van der Waals surface area contributed by atoms with Crippen molar-refractivity contribution in [1.29, 1.82) is 0 Å². The number of carboxylic acids is 1. The number of nitrogens with zero attached hydrogens (tertiary/aromatic N) is 2. The van der Waals surface area contributed by atoms with Crippen LogP contribution in [0.3, 0.4) is 0 Å². The first-order valence-corrected chi connectivity index (χ1v) is 12.8. The van der Waals surface area contributed by atoms with Crippen LogP contribution in [0.5, 0.6) is 0 Å². The largest absolute Gasteiger partial charge is 0.480 e. The third-order valence-corrected chi connectivity index (χ3v) is 7.96. The molecule has 0 aliphatic carbocycles. The second-order valence-electron chi connectivity index (χ2n) is 8.24. The summed E-state index contributed by atoms with van der Waals surface area (Å²) in [6.07, 6.45) is 4.02. The zero-order valence-electron chi connectivity index (χ0n) is 19.3. The molecule has 36 heavy (non-hydrogen) atoms. The lowest BCUT2D eigenvalue weighted by Gasteiger charge is -2.21. The summed E-state index contributed by atoms with van der Waals surface area (Å²) >= 11 is 0. The zero-order chi connectivity index (χ0) is 25.7. The smallest absolute Gasteiger partial charge is 0.322 e. The van der Waals surface area contributed by atoms with Crippen LogP contribution in [0.2, 0.25) is 0 Å². The lowest BCUT2D eigenvalue weighted by atomic mass is 9.99. The molecule has 1 aliphatic rings. The molecule has 0 saturated carbocycles. The van der Waals surface area contributed by atoms with Crippen LogP contribution in [0.1, 0.15) is 23.2 Å². The van der Waals surface area contributed by atoms with Gasteiger partial charge in [-0.15, -0.1) is 0 Å². The number of rotatable bonds is 5. The molecule has 3 N–H and O–H groups in total. The maximum Gasteiger partial charge on any atom is 0.322 e. The minimum absolute atomic E-state index is 0.135. The summed E-state index contributed by atoms with van der Waals surface area (Å²) in [5.74, 6) is -1.49. The first-order chi connectivity index (χ1) is 17.3. The van der Waals surface area contributed by atoms with E-state index < -0.39 is 27.9 Å². The number of aliphatic carboxylic acids is 1. The van der Waals surface area contributed by atoms with Crippen molar-refractivity contribution in [2.75, 3.05) is 6.54 Å². The molecule has 0 unspecified atom stereocenters. The number of hydrogen-bond acceptors (Lipinski definition) is 5. The molecule has 0 spiro atoms. The van der Waals surface area contributed by atoms with Crippen molar-refractivity contribution in [3.63, 3.8) is 0 Å². The van der Waals surface area contributed by atoms with Crippen LogP contribution in [0.15, 0.2) is 96.2 Å². The second kappa shape index (κ2) is 10.7. The van der Waals surface area contributed by atoms with Gasteiger partial charge in [-0.05, 0) is 42.2 Å². The highest BCUT2D eigenvalue weighted by molar-refractivity contribution is 7.89. The summed E-state index contributed by atoms with van der Waals surface area (Å²) in [6.45, 7) is 0.237. The Kier molecular flexibility index (Phi) is 7.42. The summed E-state index contributed by atoms with van der Waals surface area (Å²) < 4.78 is 26.7. The number of hydrogen-bond donors (Lipinski definition) is 2. The average Bonchev–Trinajstić information content (AvgIpc) is 3.41. The molecule has 184 valence electrons. The summed E-state index contributed by atoms with van der Waals surface area (Å²) in [5.41, 5.74) is 7.76. The maximum absolute atomic E-state index is 12.8. The topological polar surface area (TPSA) is 131 Å². The molecule has 0 radical (unpaired) electrons. The number of nitrogens with two attached hydrogens (primary N) is 1. The molecule has 4 aromatic rings. The number of fused-ring (bicyclic) bond motifs is 1. The number of amides is 1. The normalized spacial score (nSPS) is 15.7. The number of pyridine rings is 1. The monoisotopic (exact) mass is 503 g/mol. The van der Waals surface area contributed by atoms with Gasteiger partial charge in [0.1, 0.15) is 6.04 Å². The highest BCUT2D eigenvalue weighted by Gasteiger charge is 2.39. The number of primary amides is 1. The van der Waals surface area contributed by atoms with E-state index in [-0.39, 0.29) is 11.4 Å². The number of carboxylic acid groups (broad SMARTS) is 1. The van der Waals surface area contributed by atoms with Gasteiger partial charge in [0.2, 0.25) is 15.9 Å². The highest BCUT2D eigenvalue weighted by Crippen LogP contribution is 2.30. The Morgan fingerprint density at radius 1 is 0.944 bits per heavy atom. The Hall–Kier alpha value is -4.08. The fourth-order valence-corrected chi connectivity index (χ4v) is 6.15. The number of sulfonamides is 1. The molecular formula is C27H25N3O5S. The van der Waals surface area contributed by atoms with Crippen LogP contribution >= 0.6 is 0 Å². The van der Waals surface area contributed by atoms with Gasteiger partial charge in [-0.2, -0.15) is 4.31 Å². The van der Waals surface area contributed by atoms with E-state index in [4.69, 9.17) is 5.73 Å². The lowest BCUT2D eigenvalue weighted by Crippen LogP contribution is -2.40. The average molecular weight is 504 g/mol. The van der Waals surface area contributed by atoms with Crippen molar-refractivity contribution in [1.82, 2.24) is 9.29 Å². The van der Waals surface area contributed by atoms with Crippen LogP contribution in [0, 0.1) is 0 Å². The predicted molar refractivity (Wildman–Crippen MR) is 137 cm³/mol. The van der Waals surface area contributed by atoms with E-state index in [9.17, 15) is 23.1 Å². The Morgan fingerprint density at radius 3 is 2.39 bits per heavy atom. The molecule has 2 heterocycles. The summed E-state index contributed by atoms with van der Waals surface area (Å²) in [6, 6.07) is 22.7. The van der Waals surface area contributed by atoms with Gasteiger partial charge in [0, 0.05) is 35.3 Å². The number of benzene rings is 3. The lowest BCUT2D eigenvalue weighted by molar-refractivity contribution is -0.140. The Labute approximate surface area is 209 Å². The summed E-state index contributed by atoms with van der Waals surface area (Å²) in [5, 5.41) is 10.5. The molecule has 0 bridgehead atoms. The fourth-order valence-electron chi connectivity index (χ4n) is 4.29. The van der Waals surface area contributed by atoms with E-state index in [2.05, 4.69) is 4.98 Å². The molecule has 8 nitrogen and oxygen atoms in total. The van der Waals surface area contributed by atoms with E-state index >= 15 is 0 Å². The van der Waals surface area contributed by atoms with Crippen molar-refractivity contribution in [3.05, 3.63) is 96.8 Å². The molecule has 1 saturated heterocycles. The molecule has 1 aliphatic heterocycles. The molecule has 1 aromatic heterocycles. The molecule has 3 aromatic carbocycles. The van der Waals surface area contributed by atoms with Gasteiger partial charge in [-0.25, -0.2) is 8.42 Å². The fraction of sp³-hybridized carbons (Fsp3) is 0.148. The molecule has 9 heteroatoms. The van der Waals surface area contributed by atoms with Crippen LogP contribution in [-0.2, 0) is 14.8 Å². The van der Waals surface area contributed by atoms with Gasteiger partial charge in [0.25, 0.3) is 0 Å². The summed E-state index contributed by atoms with van der Waals surface area (Å²) in [7, 11) is -3.83. The minimum atomic E-state index is -3.83. The van der Waals surface area contributed by atoms with E-state index in [0.717, 1.165) is 15.4 Å². The highest BCUT2D eigenvalue weighted by atomic mass is 32.2. The molecular weight excluding hydrogens is 478 g/mol. The van der Waals surface area contributed by atoms with Crippen LogP contribution in [0.4, 0.5) is 0 Å². The minimum Gasteiger partial charge on any atom is -0.480 e. The van der Waals surface area contributed by atoms with Gasteiger partial charge in [-0.1, -0.05) is 60.7 Å². The number of aromatic nitrogens is 1. The Balaban J connectivity index is 0.000000179. The third kappa shape index (κ3) is 5.12. The van der Waals surface area contributed by atoms with Crippen molar-refractivity contribution in [2.24, 2.45) is 5.73 Å². The number of carbonyl (C=O) groups excluding carboxylic acids is 1.